The summed E-state index contributed by atoms with van der Waals surface area (Å²) in [5.74, 6) is 3.19. The van der Waals surface area contributed by atoms with Gasteiger partial charge in [0.15, 0.2) is 0 Å². The maximum Gasteiger partial charge on any atom is 0.136 e. The monoisotopic (exact) mass is 448 g/mol. The van der Waals surface area contributed by atoms with E-state index >= 15 is 0 Å². The summed E-state index contributed by atoms with van der Waals surface area (Å²) in [5.41, 5.74) is 2.12. The molecule has 178 valence electrons. The molecule has 1 heterocycles. The number of allylic oxidation sites excluding steroid dienone is 1. The summed E-state index contributed by atoms with van der Waals surface area (Å²) in [6.07, 6.45) is 12.6. The van der Waals surface area contributed by atoms with Gasteiger partial charge in [-0.2, -0.15) is 0 Å². The van der Waals surface area contributed by atoms with E-state index in [0.717, 1.165) is 41.4 Å². The summed E-state index contributed by atoms with van der Waals surface area (Å²) >= 11 is 0. The lowest BCUT2D eigenvalue weighted by atomic mass is 9.46. The van der Waals surface area contributed by atoms with Crippen LogP contribution in [0.1, 0.15) is 77.9 Å². The lowest BCUT2D eigenvalue weighted by molar-refractivity contribution is -0.113. The van der Waals surface area contributed by atoms with Crippen molar-refractivity contribution in [3.63, 3.8) is 0 Å². The SMILES string of the molecule is CO[C@H]1CC[C@@]2(C)C(=CC[C@H]3[C@@H]4CC[C@H]([C@@](C)(O)c5cc6ccccc6o5)[C@@]4(C)CC[C@@H]32)C1. The molecule has 0 spiro atoms. The van der Waals surface area contributed by atoms with E-state index in [-0.39, 0.29) is 11.3 Å². The predicted octanol–water partition coefficient (Wildman–Crippen LogP) is 7.23. The van der Waals surface area contributed by atoms with E-state index in [2.05, 4.69) is 32.1 Å². The molecule has 3 nitrogen and oxygen atoms in total. The van der Waals surface area contributed by atoms with Crippen molar-refractivity contribution in [2.24, 2.45) is 34.5 Å². The molecule has 1 aromatic heterocycles. The summed E-state index contributed by atoms with van der Waals surface area (Å²) in [6, 6.07) is 10.2. The van der Waals surface area contributed by atoms with E-state index in [1.165, 1.54) is 38.5 Å². The van der Waals surface area contributed by atoms with Crippen LogP contribution in [0.3, 0.4) is 0 Å². The van der Waals surface area contributed by atoms with Crippen molar-refractivity contribution < 1.29 is 14.3 Å². The number of furan rings is 1. The van der Waals surface area contributed by atoms with Crippen molar-refractivity contribution in [3.8, 4) is 0 Å². The van der Waals surface area contributed by atoms with Gasteiger partial charge in [-0.05, 0) is 99.0 Å². The summed E-state index contributed by atoms with van der Waals surface area (Å²) < 4.78 is 12.0. The minimum Gasteiger partial charge on any atom is -0.458 e. The van der Waals surface area contributed by atoms with Crippen LogP contribution in [0.25, 0.3) is 11.0 Å². The van der Waals surface area contributed by atoms with Crippen LogP contribution in [0.4, 0.5) is 0 Å². The van der Waals surface area contributed by atoms with E-state index in [9.17, 15) is 5.11 Å². The number of para-hydroxylation sites is 1. The van der Waals surface area contributed by atoms with E-state index in [1.54, 1.807) is 5.57 Å². The summed E-state index contributed by atoms with van der Waals surface area (Å²) in [5, 5.41) is 13.0. The third kappa shape index (κ3) is 3.07. The highest BCUT2D eigenvalue weighted by atomic mass is 16.5. The second kappa shape index (κ2) is 7.46. The number of fused-ring (bicyclic) bond motifs is 6. The van der Waals surface area contributed by atoms with Gasteiger partial charge in [-0.25, -0.2) is 0 Å². The van der Waals surface area contributed by atoms with Crippen molar-refractivity contribution in [1.29, 1.82) is 0 Å². The maximum absolute atomic E-state index is 12.0. The number of benzene rings is 1. The molecule has 1 N–H and O–H groups in total. The summed E-state index contributed by atoms with van der Waals surface area (Å²) in [6.45, 7) is 7.06. The highest BCUT2D eigenvalue weighted by Crippen LogP contribution is 2.68. The summed E-state index contributed by atoms with van der Waals surface area (Å²) in [7, 11) is 1.87. The molecule has 0 unspecified atom stereocenters. The summed E-state index contributed by atoms with van der Waals surface area (Å²) in [4.78, 5) is 0. The Morgan fingerprint density at radius 3 is 2.67 bits per heavy atom. The zero-order valence-electron chi connectivity index (χ0n) is 20.8. The van der Waals surface area contributed by atoms with Crippen LogP contribution < -0.4 is 0 Å². The highest BCUT2D eigenvalue weighted by molar-refractivity contribution is 5.77. The normalized spacial score (nSPS) is 42.2. The van der Waals surface area contributed by atoms with Gasteiger partial charge in [0.2, 0.25) is 0 Å². The molecule has 0 radical (unpaired) electrons. The Balaban J connectivity index is 1.31. The number of aliphatic hydroxyl groups is 1. The van der Waals surface area contributed by atoms with Gasteiger partial charge in [-0.1, -0.05) is 43.7 Å². The van der Waals surface area contributed by atoms with Crippen LogP contribution in [-0.2, 0) is 10.3 Å². The predicted molar refractivity (Wildman–Crippen MR) is 132 cm³/mol. The Kier molecular flexibility index (Phi) is 4.95. The zero-order valence-corrected chi connectivity index (χ0v) is 20.8. The fourth-order valence-corrected chi connectivity index (χ4v) is 9.16. The Hall–Kier alpha value is -1.58. The van der Waals surface area contributed by atoms with Gasteiger partial charge in [0.05, 0.1) is 6.10 Å². The third-order valence-corrected chi connectivity index (χ3v) is 11.0. The molecule has 1 aromatic carbocycles. The quantitative estimate of drug-likeness (QED) is 0.504. The van der Waals surface area contributed by atoms with Crippen LogP contribution in [-0.4, -0.2) is 18.3 Å². The van der Waals surface area contributed by atoms with E-state index in [0.29, 0.717) is 17.4 Å². The minimum absolute atomic E-state index is 0.162. The Morgan fingerprint density at radius 1 is 1.06 bits per heavy atom. The topological polar surface area (TPSA) is 42.6 Å². The average molecular weight is 449 g/mol. The van der Waals surface area contributed by atoms with Crippen molar-refractivity contribution in [3.05, 3.63) is 47.7 Å². The maximum atomic E-state index is 12.0. The number of methoxy groups -OCH3 is 1. The van der Waals surface area contributed by atoms with Gasteiger partial charge in [-0.3, -0.25) is 0 Å². The Bertz CT molecular complexity index is 1050. The van der Waals surface area contributed by atoms with E-state index < -0.39 is 5.60 Å². The molecular weight excluding hydrogens is 408 g/mol. The molecule has 3 heteroatoms. The molecular formula is C30H40O3. The average Bonchev–Trinajstić information content (AvgIpc) is 3.40. The molecule has 0 bridgehead atoms. The number of rotatable bonds is 3. The fourth-order valence-electron chi connectivity index (χ4n) is 9.16. The van der Waals surface area contributed by atoms with E-state index in [1.807, 2.05) is 32.2 Å². The molecule has 0 amide bonds. The highest BCUT2D eigenvalue weighted by Gasteiger charge is 2.62. The van der Waals surface area contributed by atoms with Crippen LogP contribution in [0, 0.1) is 34.5 Å². The zero-order chi connectivity index (χ0) is 23.0. The standard InChI is InChI=1S/C30H40O3/c1-28-15-13-21(32-4)18-20(28)9-10-22-23-11-12-26(29(23,2)16-14-24(22)28)30(3,31)27-17-19-7-5-6-8-25(19)33-27/h5-9,17,21-24,26,31H,10-16,18H2,1-4H3/t21-,22-,23-,24-,26-,28-,29-,30+/m0/s1. The van der Waals surface area contributed by atoms with Gasteiger partial charge >= 0.3 is 0 Å². The van der Waals surface area contributed by atoms with Gasteiger partial charge in [-0.15, -0.1) is 0 Å². The Morgan fingerprint density at radius 2 is 1.88 bits per heavy atom. The number of ether oxygens (including phenoxy) is 1. The minimum atomic E-state index is -0.939. The second-order valence-electron chi connectivity index (χ2n) is 12.3. The first-order valence-electron chi connectivity index (χ1n) is 13.2. The number of hydrogen-bond donors (Lipinski definition) is 1. The molecule has 4 aliphatic rings. The molecule has 3 fully saturated rings. The Labute approximate surface area is 198 Å². The van der Waals surface area contributed by atoms with Crippen LogP contribution in [0.15, 0.2) is 46.4 Å². The smallest absolute Gasteiger partial charge is 0.136 e. The van der Waals surface area contributed by atoms with Crippen molar-refractivity contribution in [2.45, 2.75) is 83.8 Å². The molecule has 2 aromatic rings. The first-order valence-corrected chi connectivity index (χ1v) is 13.2. The van der Waals surface area contributed by atoms with Gasteiger partial charge in [0, 0.05) is 18.4 Å². The molecule has 0 aliphatic heterocycles. The second-order valence-corrected chi connectivity index (χ2v) is 12.3. The molecule has 4 aliphatic carbocycles. The molecule has 3 saturated carbocycles. The fraction of sp³-hybridized carbons (Fsp3) is 0.667. The lowest BCUT2D eigenvalue weighted by Crippen LogP contribution is -2.52. The van der Waals surface area contributed by atoms with Gasteiger partial charge in [0.25, 0.3) is 0 Å². The van der Waals surface area contributed by atoms with Crippen molar-refractivity contribution in [1.82, 2.24) is 0 Å². The van der Waals surface area contributed by atoms with Crippen LogP contribution >= 0.6 is 0 Å². The molecule has 6 rings (SSSR count). The first kappa shape index (κ1) is 21.9. The molecule has 0 saturated heterocycles. The van der Waals surface area contributed by atoms with Crippen molar-refractivity contribution >= 4 is 11.0 Å². The van der Waals surface area contributed by atoms with E-state index in [4.69, 9.17) is 9.15 Å². The van der Waals surface area contributed by atoms with Gasteiger partial charge < -0.3 is 14.3 Å². The van der Waals surface area contributed by atoms with Crippen LogP contribution in [0.5, 0.6) is 0 Å². The first-order chi connectivity index (χ1) is 15.8. The molecule has 8 atom stereocenters. The number of hydrogen-bond acceptors (Lipinski definition) is 3. The van der Waals surface area contributed by atoms with Gasteiger partial charge in [0.1, 0.15) is 16.9 Å². The van der Waals surface area contributed by atoms with Crippen molar-refractivity contribution in [2.75, 3.05) is 7.11 Å². The largest absolute Gasteiger partial charge is 0.458 e. The molecule has 33 heavy (non-hydrogen) atoms. The van der Waals surface area contributed by atoms with Crippen LogP contribution in [0.2, 0.25) is 0 Å². The lowest BCUT2D eigenvalue weighted by Gasteiger charge is -2.58. The third-order valence-electron chi connectivity index (χ3n) is 11.0.